The number of carbonyl (C=O) groups excluding carboxylic acids is 1. The molecule has 1 radical (unpaired) electrons. The molecule has 0 unspecified atom stereocenters. The van der Waals surface area contributed by atoms with Crippen molar-refractivity contribution in [2.45, 2.75) is 59.2 Å². The van der Waals surface area contributed by atoms with E-state index >= 15 is 0 Å². The fraction of sp³-hybridized carbons (Fsp3) is 0.909. The summed E-state index contributed by atoms with van der Waals surface area (Å²) in [5, 5.41) is 3.12. The quantitative estimate of drug-likeness (QED) is 0.699. The first-order chi connectivity index (χ1) is 6.28. The highest BCUT2D eigenvalue weighted by molar-refractivity contribution is 6.88. The zero-order valence-electron chi connectivity index (χ0n) is 10.4. The number of hydrogen-bond acceptors (Lipinski definition) is 1. The van der Waals surface area contributed by atoms with E-state index in [9.17, 15) is 4.79 Å². The Morgan fingerprint density at radius 1 is 1.43 bits per heavy atom. The van der Waals surface area contributed by atoms with E-state index in [1.54, 1.807) is 0 Å². The average Bonchev–Trinajstić information content (AvgIpc) is 2.02. The molecular weight excluding hydrogens is 190 g/mol. The lowest BCUT2D eigenvalue weighted by atomic mass is 10.0. The molecule has 0 aromatic heterocycles. The van der Waals surface area contributed by atoms with Crippen molar-refractivity contribution in [1.82, 2.24) is 5.32 Å². The van der Waals surface area contributed by atoms with Crippen molar-refractivity contribution in [3.63, 3.8) is 0 Å². The molecule has 1 N–H and O–H groups in total. The van der Waals surface area contributed by atoms with Gasteiger partial charge in [-0.3, -0.25) is 4.79 Å². The van der Waals surface area contributed by atoms with Crippen molar-refractivity contribution >= 4 is 14.3 Å². The molecule has 0 saturated carbocycles. The van der Waals surface area contributed by atoms with Crippen LogP contribution < -0.4 is 5.32 Å². The standard InChI is InChI=1S/C11H24NOSi/c1-7-11(4,5)12-10(13)14(6)8-9(2)3/h9H,7-8H2,1-6H3,(H,12,13). The summed E-state index contributed by atoms with van der Waals surface area (Å²) < 4.78 is 0. The van der Waals surface area contributed by atoms with Gasteiger partial charge in [-0.15, -0.1) is 0 Å². The lowest BCUT2D eigenvalue weighted by Gasteiger charge is -2.26. The van der Waals surface area contributed by atoms with Gasteiger partial charge in [0.15, 0.2) is 14.3 Å². The van der Waals surface area contributed by atoms with Crippen LogP contribution in [0.3, 0.4) is 0 Å². The Hall–Kier alpha value is -0.313. The SMILES string of the molecule is CCC(C)(C)NC(=O)[Si](C)CC(C)C. The number of rotatable bonds is 5. The molecule has 0 atom stereocenters. The van der Waals surface area contributed by atoms with Crippen LogP contribution in [0.15, 0.2) is 0 Å². The number of nitrogens with one attached hydrogen (secondary N) is 1. The summed E-state index contributed by atoms with van der Waals surface area (Å²) in [6.07, 6.45) is 0.982. The summed E-state index contributed by atoms with van der Waals surface area (Å²) >= 11 is 0. The van der Waals surface area contributed by atoms with E-state index < -0.39 is 8.80 Å². The van der Waals surface area contributed by atoms with Crippen LogP contribution in [0.25, 0.3) is 0 Å². The molecule has 0 fully saturated rings. The predicted octanol–water partition coefficient (Wildman–Crippen LogP) is 3.25. The minimum atomic E-state index is -0.860. The molecule has 2 nitrogen and oxygen atoms in total. The molecule has 0 heterocycles. The Bertz CT molecular complexity index is 190. The van der Waals surface area contributed by atoms with Crippen molar-refractivity contribution in [3.05, 3.63) is 0 Å². The molecule has 0 aliphatic carbocycles. The van der Waals surface area contributed by atoms with Gasteiger partial charge in [0.1, 0.15) is 0 Å². The van der Waals surface area contributed by atoms with Gasteiger partial charge in [0.25, 0.3) is 0 Å². The zero-order valence-corrected chi connectivity index (χ0v) is 11.4. The lowest BCUT2D eigenvalue weighted by Crippen LogP contribution is -2.47. The highest BCUT2D eigenvalue weighted by atomic mass is 28.3. The number of carbonyl (C=O) groups is 1. The molecule has 0 aromatic rings. The second-order valence-corrected chi connectivity index (χ2v) is 7.49. The Kier molecular flexibility index (Phi) is 5.42. The van der Waals surface area contributed by atoms with Gasteiger partial charge < -0.3 is 5.32 Å². The smallest absolute Gasteiger partial charge is 0.190 e. The van der Waals surface area contributed by atoms with E-state index in [-0.39, 0.29) is 11.1 Å². The molecule has 0 saturated heterocycles. The van der Waals surface area contributed by atoms with Crippen LogP contribution in [0.4, 0.5) is 4.79 Å². The van der Waals surface area contributed by atoms with E-state index in [1.165, 1.54) is 0 Å². The van der Waals surface area contributed by atoms with Crippen LogP contribution >= 0.6 is 0 Å². The van der Waals surface area contributed by atoms with Crippen LogP contribution in [-0.2, 0) is 0 Å². The topological polar surface area (TPSA) is 29.1 Å². The Balaban J connectivity index is 4.08. The van der Waals surface area contributed by atoms with E-state index in [0.717, 1.165) is 12.5 Å². The first-order valence-electron chi connectivity index (χ1n) is 5.43. The summed E-state index contributed by atoms with van der Waals surface area (Å²) in [7, 11) is -0.860. The summed E-state index contributed by atoms with van der Waals surface area (Å²) in [5.41, 5.74) is 0.246. The van der Waals surface area contributed by atoms with Crippen LogP contribution in [0, 0.1) is 5.92 Å². The first-order valence-corrected chi connectivity index (χ1v) is 7.64. The molecule has 0 aromatic carbocycles. The minimum Gasteiger partial charge on any atom is -0.356 e. The molecule has 3 heteroatoms. The Labute approximate surface area is 90.1 Å². The van der Waals surface area contributed by atoms with E-state index in [0.29, 0.717) is 5.92 Å². The third-order valence-electron chi connectivity index (χ3n) is 2.44. The fourth-order valence-corrected chi connectivity index (χ4v) is 3.17. The Morgan fingerprint density at radius 2 is 1.93 bits per heavy atom. The highest BCUT2D eigenvalue weighted by Crippen LogP contribution is 2.10. The number of hydrogen-bond donors (Lipinski definition) is 1. The van der Waals surface area contributed by atoms with Crippen molar-refractivity contribution in [2.75, 3.05) is 0 Å². The highest BCUT2D eigenvalue weighted by Gasteiger charge is 2.23. The van der Waals surface area contributed by atoms with Gasteiger partial charge in [0, 0.05) is 5.54 Å². The van der Waals surface area contributed by atoms with Crippen molar-refractivity contribution in [3.8, 4) is 0 Å². The second kappa shape index (κ2) is 5.54. The van der Waals surface area contributed by atoms with Crippen LogP contribution in [0.2, 0.25) is 12.6 Å². The fourth-order valence-electron chi connectivity index (χ4n) is 1.21. The average molecular weight is 214 g/mol. The lowest BCUT2D eigenvalue weighted by molar-refractivity contribution is 0.247. The van der Waals surface area contributed by atoms with Gasteiger partial charge >= 0.3 is 0 Å². The molecular formula is C11H24NOSi. The molecule has 14 heavy (non-hydrogen) atoms. The van der Waals surface area contributed by atoms with Crippen molar-refractivity contribution < 1.29 is 4.79 Å². The second-order valence-electron chi connectivity index (χ2n) is 5.07. The minimum absolute atomic E-state index is 0.0417. The van der Waals surface area contributed by atoms with Crippen LogP contribution in [0.1, 0.15) is 41.0 Å². The summed E-state index contributed by atoms with van der Waals surface area (Å²) in [4.78, 5) is 11.8. The monoisotopic (exact) mass is 214 g/mol. The predicted molar refractivity (Wildman–Crippen MR) is 64.2 cm³/mol. The molecule has 0 bridgehead atoms. The third-order valence-corrected chi connectivity index (χ3v) is 4.77. The normalized spacial score (nSPS) is 12.3. The maximum absolute atomic E-state index is 11.8. The molecule has 0 aliphatic heterocycles. The molecule has 1 amide bonds. The van der Waals surface area contributed by atoms with E-state index in [2.05, 4.69) is 46.5 Å². The largest absolute Gasteiger partial charge is 0.356 e. The van der Waals surface area contributed by atoms with Crippen LogP contribution in [-0.4, -0.2) is 19.9 Å². The molecule has 0 rings (SSSR count). The maximum Gasteiger partial charge on any atom is 0.190 e. The number of amides is 1. The summed E-state index contributed by atoms with van der Waals surface area (Å²) in [6, 6.07) is 1.07. The first kappa shape index (κ1) is 13.7. The van der Waals surface area contributed by atoms with Crippen molar-refractivity contribution in [1.29, 1.82) is 0 Å². The summed E-state index contributed by atoms with van der Waals surface area (Å²) in [5.74, 6) is 0.629. The van der Waals surface area contributed by atoms with Crippen LogP contribution in [0.5, 0.6) is 0 Å². The molecule has 83 valence electrons. The summed E-state index contributed by atoms with van der Waals surface area (Å²) in [6.45, 7) is 12.7. The van der Waals surface area contributed by atoms with Gasteiger partial charge in [-0.1, -0.05) is 27.3 Å². The molecule has 0 spiro atoms. The van der Waals surface area contributed by atoms with Gasteiger partial charge in [-0.05, 0) is 32.2 Å². The zero-order chi connectivity index (χ0) is 11.4. The maximum atomic E-state index is 11.8. The van der Waals surface area contributed by atoms with Gasteiger partial charge in [-0.25, -0.2) is 0 Å². The van der Waals surface area contributed by atoms with Gasteiger partial charge in [-0.2, -0.15) is 0 Å². The van der Waals surface area contributed by atoms with E-state index in [4.69, 9.17) is 0 Å². The van der Waals surface area contributed by atoms with Gasteiger partial charge in [0.2, 0.25) is 0 Å². The Morgan fingerprint density at radius 3 is 2.29 bits per heavy atom. The van der Waals surface area contributed by atoms with Crippen molar-refractivity contribution in [2.24, 2.45) is 5.92 Å². The van der Waals surface area contributed by atoms with Gasteiger partial charge in [0.05, 0.1) is 0 Å². The third kappa shape index (κ3) is 5.42. The molecule has 0 aliphatic rings. The van der Waals surface area contributed by atoms with E-state index in [1.807, 2.05) is 0 Å².